The maximum atomic E-state index is 12.8. The van der Waals surface area contributed by atoms with Gasteiger partial charge in [-0.2, -0.15) is 17.5 Å². The van der Waals surface area contributed by atoms with Crippen LogP contribution in [-0.2, 0) is 27.4 Å². The van der Waals surface area contributed by atoms with E-state index in [0.29, 0.717) is 5.56 Å². The Morgan fingerprint density at radius 1 is 1.10 bits per heavy atom. The van der Waals surface area contributed by atoms with Gasteiger partial charge in [-0.1, -0.05) is 17.3 Å². The minimum absolute atomic E-state index is 0.0435. The van der Waals surface area contributed by atoms with Crippen molar-refractivity contribution < 1.29 is 30.9 Å². The molecule has 1 amide bonds. The van der Waals surface area contributed by atoms with Crippen LogP contribution in [0.15, 0.2) is 33.7 Å². The number of carbonyl (C=O) groups is 1. The third-order valence-corrected chi connectivity index (χ3v) is 6.94. The van der Waals surface area contributed by atoms with Gasteiger partial charge in [0, 0.05) is 26.2 Å². The van der Waals surface area contributed by atoms with Gasteiger partial charge >= 0.3 is 6.18 Å². The molecule has 0 saturated carbocycles. The lowest BCUT2D eigenvalue weighted by Crippen LogP contribution is -2.51. The van der Waals surface area contributed by atoms with Gasteiger partial charge in [0.15, 0.2) is 5.76 Å². The van der Waals surface area contributed by atoms with Gasteiger partial charge in [0.2, 0.25) is 15.9 Å². The Labute approximate surface area is 166 Å². The maximum Gasteiger partial charge on any atom is 0.416 e. The molecular weight excluding hydrogens is 411 g/mol. The van der Waals surface area contributed by atoms with Crippen molar-refractivity contribution in [3.05, 3.63) is 46.8 Å². The fraction of sp³-hybridized carbons (Fsp3) is 0.444. The lowest BCUT2D eigenvalue weighted by atomic mass is 10.1. The van der Waals surface area contributed by atoms with Crippen molar-refractivity contribution in [3.63, 3.8) is 0 Å². The van der Waals surface area contributed by atoms with Crippen LogP contribution < -0.4 is 0 Å². The van der Waals surface area contributed by atoms with Crippen molar-refractivity contribution in [1.29, 1.82) is 0 Å². The fourth-order valence-electron chi connectivity index (χ4n) is 3.25. The van der Waals surface area contributed by atoms with Crippen molar-refractivity contribution in [2.75, 3.05) is 26.2 Å². The molecule has 0 unspecified atom stereocenters. The summed E-state index contributed by atoms with van der Waals surface area (Å²) in [5.74, 6) is -0.0533. The average molecular weight is 431 g/mol. The van der Waals surface area contributed by atoms with E-state index in [1.165, 1.54) is 28.3 Å². The Morgan fingerprint density at radius 3 is 2.17 bits per heavy atom. The third kappa shape index (κ3) is 4.45. The number of nitrogens with zero attached hydrogens (tertiary/aromatic N) is 3. The summed E-state index contributed by atoms with van der Waals surface area (Å²) >= 11 is 0. The molecule has 0 radical (unpaired) electrons. The fourth-order valence-corrected chi connectivity index (χ4v) is 4.96. The van der Waals surface area contributed by atoms with Crippen LogP contribution in [0.5, 0.6) is 0 Å². The van der Waals surface area contributed by atoms with Crippen LogP contribution in [0.2, 0.25) is 0 Å². The van der Waals surface area contributed by atoms with Crippen molar-refractivity contribution in [2.24, 2.45) is 0 Å². The normalized spacial score (nSPS) is 16.2. The van der Waals surface area contributed by atoms with E-state index in [9.17, 15) is 26.4 Å². The van der Waals surface area contributed by atoms with Crippen molar-refractivity contribution >= 4 is 15.9 Å². The zero-order valence-corrected chi connectivity index (χ0v) is 16.7. The van der Waals surface area contributed by atoms with E-state index < -0.39 is 21.8 Å². The van der Waals surface area contributed by atoms with Gasteiger partial charge in [-0.05, 0) is 31.5 Å². The number of alkyl halides is 3. The largest absolute Gasteiger partial charge is 0.416 e. The number of sulfonamides is 1. The molecular formula is C18H20F3N3O4S. The highest BCUT2D eigenvalue weighted by Gasteiger charge is 2.34. The standard InChI is InChI=1S/C18H20F3N3O4S/c1-12-17(13(2)28-22-12)29(26,27)24-9-7-23(8-10-24)16(25)11-14-3-5-15(6-4-14)18(19,20)21/h3-6H,7-11H2,1-2H3. The summed E-state index contributed by atoms with van der Waals surface area (Å²) in [5.41, 5.74) is -0.0241. The first kappa shape index (κ1) is 21.3. The van der Waals surface area contributed by atoms with E-state index in [-0.39, 0.29) is 54.9 Å². The number of halogens is 3. The molecule has 1 aromatic heterocycles. The highest BCUT2D eigenvalue weighted by molar-refractivity contribution is 7.89. The van der Waals surface area contributed by atoms with Crippen molar-refractivity contribution in [3.8, 4) is 0 Å². The van der Waals surface area contributed by atoms with Gasteiger partial charge in [-0.15, -0.1) is 0 Å². The average Bonchev–Trinajstić information content (AvgIpc) is 3.00. The van der Waals surface area contributed by atoms with Gasteiger partial charge in [0.1, 0.15) is 10.6 Å². The molecule has 1 aromatic carbocycles. The maximum absolute atomic E-state index is 12.8. The molecule has 11 heteroatoms. The number of piperazine rings is 1. The third-order valence-electron chi connectivity index (χ3n) is 4.79. The number of carbonyl (C=O) groups excluding carboxylic acids is 1. The highest BCUT2D eigenvalue weighted by Crippen LogP contribution is 2.29. The van der Waals surface area contributed by atoms with Gasteiger partial charge in [-0.3, -0.25) is 4.79 Å². The smallest absolute Gasteiger partial charge is 0.360 e. The van der Waals surface area contributed by atoms with E-state index in [1.54, 1.807) is 6.92 Å². The lowest BCUT2D eigenvalue weighted by molar-refractivity contribution is -0.137. The Bertz CT molecular complexity index is 973. The zero-order chi connectivity index (χ0) is 21.4. The van der Waals surface area contributed by atoms with Gasteiger partial charge in [-0.25, -0.2) is 8.42 Å². The summed E-state index contributed by atoms with van der Waals surface area (Å²) in [5, 5.41) is 3.67. The van der Waals surface area contributed by atoms with Crippen LogP contribution in [-0.4, -0.2) is 54.9 Å². The molecule has 0 spiro atoms. The summed E-state index contributed by atoms with van der Waals surface area (Å²) in [4.78, 5) is 14.0. The molecule has 1 aliphatic rings. The van der Waals surface area contributed by atoms with Crippen LogP contribution in [0, 0.1) is 13.8 Å². The summed E-state index contributed by atoms with van der Waals surface area (Å²) < 4.78 is 69.7. The number of amides is 1. The number of hydrogen-bond acceptors (Lipinski definition) is 5. The van der Waals surface area contributed by atoms with Crippen LogP contribution in [0.1, 0.15) is 22.6 Å². The lowest BCUT2D eigenvalue weighted by Gasteiger charge is -2.34. The first-order valence-electron chi connectivity index (χ1n) is 8.87. The highest BCUT2D eigenvalue weighted by atomic mass is 32.2. The second kappa shape index (κ2) is 7.79. The Balaban J connectivity index is 1.61. The molecule has 1 saturated heterocycles. The Morgan fingerprint density at radius 2 is 1.69 bits per heavy atom. The molecule has 0 bridgehead atoms. The molecule has 1 aliphatic heterocycles. The molecule has 3 rings (SSSR count). The predicted octanol–water partition coefficient (Wildman–Crippen LogP) is 2.39. The monoisotopic (exact) mass is 431 g/mol. The molecule has 2 heterocycles. The van der Waals surface area contributed by atoms with Crippen LogP contribution >= 0.6 is 0 Å². The Hall–Kier alpha value is -2.40. The topological polar surface area (TPSA) is 83.7 Å². The molecule has 1 fully saturated rings. The summed E-state index contributed by atoms with van der Waals surface area (Å²) in [7, 11) is -3.77. The second-order valence-corrected chi connectivity index (χ2v) is 8.68. The van der Waals surface area contributed by atoms with Gasteiger partial charge in [0.25, 0.3) is 0 Å². The molecule has 158 valence electrons. The number of aryl methyl sites for hydroxylation is 2. The predicted molar refractivity (Wildman–Crippen MR) is 96.5 cm³/mol. The number of rotatable bonds is 4. The van der Waals surface area contributed by atoms with Crippen LogP contribution in [0.3, 0.4) is 0 Å². The van der Waals surface area contributed by atoms with E-state index in [1.807, 2.05) is 0 Å². The number of aromatic nitrogens is 1. The summed E-state index contributed by atoms with van der Waals surface area (Å²) in [6, 6.07) is 4.44. The number of hydrogen-bond donors (Lipinski definition) is 0. The molecule has 7 nitrogen and oxygen atoms in total. The van der Waals surface area contributed by atoms with Crippen molar-refractivity contribution in [2.45, 2.75) is 31.3 Å². The van der Waals surface area contributed by atoms with E-state index in [0.717, 1.165) is 12.1 Å². The zero-order valence-electron chi connectivity index (χ0n) is 15.9. The van der Waals surface area contributed by atoms with Gasteiger partial charge in [0.05, 0.1) is 12.0 Å². The van der Waals surface area contributed by atoms with E-state index in [2.05, 4.69) is 5.16 Å². The second-order valence-electron chi connectivity index (χ2n) is 6.81. The molecule has 0 N–H and O–H groups in total. The van der Waals surface area contributed by atoms with Crippen LogP contribution in [0.4, 0.5) is 13.2 Å². The SMILES string of the molecule is Cc1noc(C)c1S(=O)(=O)N1CCN(C(=O)Cc2ccc(C(F)(F)F)cc2)CC1. The van der Waals surface area contributed by atoms with Crippen molar-refractivity contribution in [1.82, 2.24) is 14.4 Å². The first-order chi connectivity index (χ1) is 13.5. The van der Waals surface area contributed by atoms with Crippen LogP contribution in [0.25, 0.3) is 0 Å². The quantitative estimate of drug-likeness (QED) is 0.742. The van der Waals surface area contributed by atoms with Gasteiger partial charge < -0.3 is 9.42 Å². The first-order valence-corrected chi connectivity index (χ1v) is 10.3. The van der Waals surface area contributed by atoms with E-state index >= 15 is 0 Å². The number of benzene rings is 1. The molecule has 2 aromatic rings. The van der Waals surface area contributed by atoms with E-state index in [4.69, 9.17) is 4.52 Å². The summed E-state index contributed by atoms with van der Waals surface area (Å²) in [6.07, 6.45) is -4.47. The summed E-state index contributed by atoms with van der Waals surface area (Å²) in [6.45, 7) is 3.70. The minimum Gasteiger partial charge on any atom is -0.360 e. The molecule has 0 aliphatic carbocycles. The minimum atomic E-state index is -4.43. The molecule has 29 heavy (non-hydrogen) atoms. The molecule has 0 atom stereocenters. The Kier molecular flexibility index (Phi) is 5.72.